The van der Waals surface area contributed by atoms with Gasteiger partial charge in [-0.15, -0.1) is 0 Å². The fourth-order valence-electron chi connectivity index (χ4n) is 1.30. The molecule has 1 atom stereocenters. The first-order valence-electron chi connectivity index (χ1n) is 4.68. The van der Waals surface area contributed by atoms with Gasteiger partial charge in [-0.1, -0.05) is 6.07 Å². The summed E-state index contributed by atoms with van der Waals surface area (Å²) in [6.07, 6.45) is -6.20. The van der Waals surface area contributed by atoms with E-state index in [1.165, 1.54) is 0 Å². The number of hydrogen-bond acceptors (Lipinski definition) is 4. The van der Waals surface area contributed by atoms with Crippen molar-refractivity contribution >= 4 is 5.97 Å². The third-order valence-corrected chi connectivity index (χ3v) is 2.41. The molecule has 8 heteroatoms. The van der Waals surface area contributed by atoms with Gasteiger partial charge in [0.2, 0.25) is 5.54 Å². The van der Waals surface area contributed by atoms with Crippen LogP contribution in [0, 0.1) is 0 Å². The summed E-state index contributed by atoms with van der Waals surface area (Å²) in [5.74, 6) is -3.39. The summed E-state index contributed by atoms with van der Waals surface area (Å²) in [4.78, 5) is 10.7. The van der Waals surface area contributed by atoms with Gasteiger partial charge in [-0.05, 0) is 17.7 Å². The molecule has 18 heavy (non-hydrogen) atoms. The second kappa shape index (κ2) is 4.37. The highest BCUT2D eigenvalue weighted by molar-refractivity contribution is 5.80. The molecule has 0 aliphatic rings. The van der Waals surface area contributed by atoms with Crippen LogP contribution in [-0.4, -0.2) is 33.0 Å². The van der Waals surface area contributed by atoms with Gasteiger partial charge in [-0.3, -0.25) is 0 Å². The SMILES string of the molecule is NC(Cc1ccc(O)c(O)c1)(C(=O)O)C(F)(F)F. The van der Waals surface area contributed by atoms with Crippen molar-refractivity contribution in [3.8, 4) is 11.5 Å². The highest BCUT2D eigenvalue weighted by atomic mass is 19.4. The molecule has 0 aliphatic heterocycles. The molecule has 0 amide bonds. The van der Waals surface area contributed by atoms with Gasteiger partial charge in [0, 0.05) is 6.42 Å². The van der Waals surface area contributed by atoms with E-state index in [1.807, 2.05) is 0 Å². The molecule has 1 aromatic carbocycles. The molecule has 1 unspecified atom stereocenters. The number of aliphatic carboxylic acids is 1. The number of carboxylic acids is 1. The summed E-state index contributed by atoms with van der Waals surface area (Å²) in [7, 11) is 0. The number of rotatable bonds is 3. The number of halogens is 3. The Kier molecular flexibility index (Phi) is 3.43. The van der Waals surface area contributed by atoms with Gasteiger partial charge in [0.05, 0.1) is 0 Å². The highest BCUT2D eigenvalue weighted by Crippen LogP contribution is 2.33. The van der Waals surface area contributed by atoms with Gasteiger partial charge in [0.15, 0.2) is 11.5 Å². The van der Waals surface area contributed by atoms with E-state index < -0.39 is 35.6 Å². The Bertz CT molecular complexity index is 475. The van der Waals surface area contributed by atoms with Gasteiger partial charge >= 0.3 is 12.1 Å². The topological polar surface area (TPSA) is 104 Å². The first kappa shape index (κ1) is 14.1. The number of benzene rings is 1. The fourth-order valence-corrected chi connectivity index (χ4v) is 1.30. The van der Waals surface area contributed by atoms with E-state index >= 15 is 0 Å². The Morgan fingerprint density at radius 3 is 2.17 bits per heavy atom. The maximum absolute atomic E-state index is 12.6. The highest BCUT2D eigenvalue weighted by Gasteiger charge is 2.58. The Hall–Kier alpha value is -1.96. The van der Waals surface area contributed by atoms with Crippen LogP contribution in [0.1, 0.15) is 5.56 Å². The molecule has 0 saturated carbocycles. The summed E-state index contributed by atoms with van der Waals surface area (Å²) >= 11 is 0. The van der Waals surface area contributed by atoms with E-state index in [0.717, 1.165) is 18.2 Å². The van der Waals surface area contributed by atoms with Crippen LogP contribution in [-0.2, 0) is 11.2 Å². The molecule has 0 fully saturated rings. The molecule has 0 spiro atoms. The molecular formula is C10H10F3NO4. The zero-order chi connectivity index (χ0) is 14.1. The fraction of sp³-hybridized carbons (Fsp3) is 0.300. The van der Waals surface area contributed by atoms with Crippen LogP contribution >= 0.6 is 0 Å². The number of carbonyl (C=O) groups is 1. The molecule has 0 saturated heterocycles. The number of phenols is 2. The minimum atomic E-state index is -5.15. The summed E-state index contributed by atoms with van der Waals surface area (Å²) in [6.45, 7) is 0. The smallest absolute Gasteiger partial charge is 0.417 e. The zero-order valence-corrected chi connectivity index (χ0v) is 8.90. The molecule has 0 radical (unpaired) electrons. The molecule has 0 aliphatic carbocycles. The molecule has 5 nitrogen and oxygen atoms in total. The number of phenolic OH excluding ortho intramolecular Hbond substituents is 2. The van der Waals surface area contributed by atoms with Crippen molar-refractivity contribution < 1.29 is 33.3 Å². The standard InChI is InChI=1S/C10H10F3NO4/c11-10(12,13)9(14,8(17)18)4-5-1-2-6(15)7(16)3-5/h1-3,15-16H,4,14H2,(H,17,18). The van der Waals surface area contributed by atoms with Crippen LogP contribution in [0.5, 0.6) is 11.5 Å². The minimum absolute atomic E-state index is 0.160. The predicted octanol–water partition coefficient (Wildman–Crippen LogP) is 0.985. The molecule has 100 valence electrons. The lowest BCUT2D eigenvalue weighted by Gasteiger charge is -2.27. The van der Waals surface area contributed by atoms with Crippen molar-refractivity contribution in [3.63, 3.8) is 0 Å². The monoisotopic (exact) mass is 265 g/mol. The van der Waals surface area contributed by atoms with Gasteiger partial charge in [0.1, 0.15) is 0 Å². The Morgan fingerprint density at radius 1 is 1.22 bits per heavy atom. The van der Waals surface area contributed by atoms with E-state index in [9.17, 15) is 18.0 Å². The lowest BCUT2D eigenvalue weighted by molar-refractivity contribution is -0.201. The first-order valence-corrected chi connectivity index (χ1v) is 4.68. The molecule has 0 bridgehead atoms. The van der Waals surface area contributed by atoms with Crippen molar-refractivity contribution in [1.29, 1.82) is 0 Å². The summed E-state index contributed by atoms with van der Waals surface area (Å²) < 4.78 is 37.8. The predicted molar refractivity (Wildman–Crippen MR) is 54.1 cm³/mol. The van der Waals surface area contributed by atoms with Crippen molar-refractivity contribution in [2.24, 2.45) is 5.73 Å². The minimum Gasteiger partial charge on any atom is -0.504 e. The zero-order valence-electron chi connectivity index (χ0n) is 8.90. The molecular weight excluding hydrogens is 255 g/mol. The van der Waals surface area contributed by atoms with Gasteiger partial charge in [0.25, 0.3) is 0 Å². The molecule has 0 aromatic heterocycles. The van der Waals surface area contributed by atoms with E-state index in [0.29, 0.717) is 0 Å². The molecule has 1 rings (SSSR count). The second-order valence-corrected chi connectivity index (χ2v) is 3.77. The van der Waals surface area contributed by atoms with Crippen LogP contribution in [0.4, 0.5) is 13.2 Å². The van der Waals surface area contributed by atoms with Crippen LogP contribution in [0.25, 0.3) is 0 Å². The normalized spacial score (nSPS) is 15.1. The number of carboxylic acid groups (broad SMARTS) is 1. The number of alkyl halides is 3. The molecule has 0 heterocycles. The third kappa shape index (κ3) is 2.48. The van der Waals surface area contributed by atoms with Crippen molar-refractivity contribution in [2.75, 3.05) is 0 Å². The van der Waals surface area contributed by atoms with Crippen molar-refractivity contribution in [1.82, 2.24) is 0 Å². The molecule has 5 N–H and O–H groups in total. The Labute approximate surface area is 99.3 Å². The van der Waals surface area contributed by atoms with Crippen LogP contribution in [0.15, 0.2) is 18.2 Å². The summed E-state index contributed by atoms with van der Waals surface area (Å²) in [5.41, 5.74) is 1.26. The number of hydrogen-bond donors (Lipinski definition) is 4. The van der Waals surface area contributed by atoms with E-state index in [1.54, 1.807) is 0 Å². The lowest BCUT2D eigenvalue weighted by Crippen LogP contribution is -2.61. The van der Waals surface area contributed by atoms with E-state index in [4.69, 9.17) is 21.1 Å². The maximum atomic E-state index is 12.6. The van der Waals surface area contributed by atoms with Gasteiger partial charge in [-0.25, -0.2) is 4.79 Å². The first-order chi connectivity index (χ1) is 8.08. The average Bonchev–Trinajstić information content (AvgIpc) is 2.21. The number of aromatic hydroxyl groups is 2. The van der Waals surface area contributed by atoms with Crippen LogP contribution in [0.3, 0.4) is 0 Å². The van der Waals surface area contributed by atoms with Crippen molar-refractivity contribution in [2.45, 2.75) is 18.1 Å². The quantitative estimate of drug-likeness (QED) is 0.610. The lowest BCUT2D eigenvalue weighted by atomic mass is 9.91. The number of nitrogens with two attached hydrogens (primary N) is 1. The van der Waals surface area contributed by atoms with Crippen LogP contribution < -0.4 is 5.73 Å². The summed E-state index contributed by atoms with van der Waals surface area (Å²) in [5, 5.41) is 26.7. The second-order valence-electron chi connectivity index (χ2n) is 3.77. The van der Waals surface area contributed by atoms with Gasteiger partial charge < -0.3 is 21.1 Å². The molecule has 1 aromatic rings. The van der Waals surface area contributed by atoms with E-state index in [2.05, 4.69) is 0 Å². The largest absolute Gasteiger partial charge is 0.504 e. The van der Waals surface area contributed by atoms with E-state index in [-0.39, 0.29) is 5.56 Å². The van der Waals surface area contributed by atoms with Crippen molar-refractivity contribution in [3.05, 3.63) is 23.8 Å². The average molecular weight is 265 g/mol. The Balaban J connectivity index is 3.12. The summed E-state index contributed by atoms with van der Waals surface area (Å²) in [6, 6.07) is 2.82. The van der Waals surface area contributed by atoms with Gasteiger partial charge in [-0.2, -0.15) is 13.2 Å². The third-order valence-electron chi connectivity index (χ3n) is 2.41. The van der Waals surface area contributed by atoms with Crippen LogP contribution in [0.2, 0.25) is 0 Å². The Morgan fingerprint density at radius 2 is 1.78 bits per heavy atom. The maximum Gasteiger partial charge on any atom is 0.417 e.